The monoisotopic (exact) mass is 270 g/mol. The zero-order valence-electron chi connectivity index (χ0n) is 11.5. The Morgan fingerprint density at radius 1 is 1.22 bits per heavy atom. The Morgan fingerprint density at radius 3 is 2.78 bits per heavy atom. The predicted molar refractivity (Wildman–Crippen MR) is 77.3 cm³/mol. The highest BCUT2D eigenvalue weighted by atomic mass is 32.2. The molecule has 0 bridgehead atoms. The topological polar surface area (TPSA) is 24.5 Å². The van der Waals surface area contributed by atoms with E-state index in [9.17, 15) is 0 Å². The molecular weight excluding hydrogens is 244 g/mol. The van der Waals surface area contributed by atoms with Gasteiger partial charge in [-0.05, 0) is 57.2 Å². The molecule has 2 unspecified atom stereocenters. The number of hydrogen-bond acceptors (Lipinski definition) is 4. The third-order valence-electron chi connectivity index (χ3n) is 4.76. The summed E-state index contributed by atoms with van der Waals surface area (Å²) >= 11 is 2.09. The Kier molecular flexibility index (Phi) is 4.18. The summed E-state index contributed by atoms with van der Waals surface area (Å²) in [6.45, 7) is 3.44. The van der Waals surface area contributed by atoms with Gasteiger partial charge in [0.25, 0.3) is 0 Å². The smallest absolute Gasteiger partial charge is 0.0713 e. The lowest BCUT2D eigenvalue weighted by Crippen LogP contribution is -2.51. The largest absolute Gasteiger partial charge is 0.375 e. The van der Waals surface area contributed by atoms with Crippen molar-refractivity contribution in [2.45, 2.75) is 49.8 Å². The fourth-order valence-corrected chi connectivity index (χ4v) is 4.90. The minimum atomic E-state index is 0.228. The van der Waals surface area contributed by atoms with E-state index in [1.807, 2.05) is 0 Å². The van der Waals surface area contributed by atoms with Crippen LogP contribution in [0.1, 0.15) is 32.1 Å². The Bertz CT molecular complexity index is 275. The van der Waals surface area contributed by atoms with Gasteiger partial charge in [0.05, 0.1) is 5.60 Å². The van der Waals surface area contributed by atoms with Crippen LogP contribution in [-0.4, -0.2) is 60.8 Å². The van der Waals surface area contributed by atoms with E-state index in [1.54, 1.807) is 0 Å². The molecule has 0 aromatic rings. The highest BCUT2D eigenvalue weighted by Gasteiger charge is 2.39. The summed E-state index contributed by atoms with van der Waals surface area (Å²) < 4.78 is 6.16. The summed E-state index contributed by atoms with van der Waals surface area (Å²) in [5.74, 6) is 2.58. The van der Waals surface area contributed by atoms with E-state index in [2.05, 4.69) is 29.0 Å². The molecule has 3 heterocycles. The summed E-state index contributed by atoms with van der Waals surface area (Å²) in [5.41, 5.74) is 0.228. The highest BCUT2D eigenvalue weighted by Crippen LogP contribution is 2.37. The number of likely N-dealkylation sites (N-methyl/N-ethyl adjacent to an activating group) is 1. The van der Waals surface area contributed by atoms with Crippen LogP contribution < -0.4 is 5.32 Å². The molecule has 1 N–H and O–H groups in total. The van der Waals surface area contributed by atoms with Crippen LogP contribution in [0.4, 0.5) is 0 Å². The lowest BCUT2D eigenvalue weighted by molar-refractivity contribution is -0.0940. The van der Waals surface area contributed by atoms with Gasteiger partial charge in [0.1, 0.15) is 0 Å². The molecule has 3 aliphatic rings. The van der Waals surface area contributed by atoms with Crippen LogP contribution in [0, 0.1) is 0 Å². The summed E-state index contributed by atoms with van der Waals surface area (Å²) in [7, 11) is 2.23. The third-order valence-corrected chi connectivity index (χ3v) is 5.75. The Morgan fingerprint density at radius 2 is 2.06 bits per heavy atom. The first kappa shape index (κ1) is 13.2. The Hall–Kier alpha value is 0.230. The fourth-order valence-electron chi connectivity index (χ4n) is 3.67. The van der Waals surface area contributed by atoms with Crippen molar-refractivity contribution in [3.8, 4) is 0 Å². The fraction of sp³-hybridized carbons (Fsp3) is 1.00. The van der Waals surface area contributed by atoms with Crippen molar-refractivity contribution in [1.82, 2.24) is 10.2 Å². The van der Waals surface area contributed by atoms with Crippen LogP contribution in [0.3, 0.4) is 0 Å². The number of nitrogens with zero attached hydrogens (tertiary/aromatic N) is 1. The molecule has 3 saturated heterocycles. The third kappa shape index (κ3) is 3.03. The van der Waals surface area contributed by atoms with Gasteiger partial charge in [0.15, 0.2) is 0 Å². The zero-order valence-corrected chi connectivity index (χ0v) is 12.3. The van der Waals surface area contributed by atoms with Crippen LogP contribution >= 0.6 is 11.8 Å². The first-order chi connectivity index (χ1) is 8.76. The quantitative estimate of drug-likeness (QED) is 0.826. The average Bonchev–Trinajstić information content (AvgIpc) is 2.76. The number of likely N-dealkylation sites (tertiary alicyclic amines) is 1. The van der Waals surface area contributed by atoms with E-state index in [4.69, 9.17) is 4.74 Å². The van der Waals surface area contributed by atoms with Crippen LogP contribution in [-0.2, 0) is 4.74 Å². The van der Waals surface area contributed by atoms with Gasteiger partial charge in [-0.1, -0.05) is 0 Å². The van der Waals surface area contributed by atoms with E-state index in [-0.39, 0.29) is 5.60 Å². The molecule has 18 heavy (non-hydrogen) atoms. The lowest BCUT2D eigenvalue weighted by atomic mass is 9.85. The van der Waals surface area contributed by atoms with Gasteiger partial charge in [0, 0.05) is 25.2 Å². The normalized spacial score (nSPS) is 37.2. The first-order valence-electron chi connectivity index (χ1n) is 7.42. The number of thioether (sulfide) groups is 1. The molecule has 0 saturated carbocycles. The summed E-state index contributed by atoms with van der Waals surface area (Å²) in [6, 6.07) is 1.41. The summed E-state index contributed by atoms with van der Waals surface area (Å²) in [5, 5.41) is 3.89. The summed E-state index contributed by atoms with van der Waals surface area (Å²) in [4.78, 5) is 2.43. The van der Waals surface area contributed by atoms with Crippen molar-refractivity contribution in [2.24, 2.45) is 0 Å². The summed E-state index contributed by atoms with van der Waals surface area (Å²) in [6.07, 6.45) is 6.29. The molecule has 0 aliphatic carbocycles. The van der Waals surface area contributed by atoms with E-state index >= 15 is 0 Å². The van der Waals surface area contributed by atoms with Crippen molar-refractivity contribution in [2.75, 3.05) is 38.2 Å². The molecule has 0 radical (unpaired) electrons. The van der Waals surface area contributed by atoms with Gasteiger partial charge in [-0.15, -0.1) is 0 Å². The Labute approximate surface area is 115 Å². The predicted octanol–water partition coefficient (Wildman–Crippen LogP) is 1.72. The van der Waals surface area contributed by atoms with Crippen molar-refractivity contribution >= 4 is 11.8 Å². The lowest BCUT2D eigenvalue weighted by Gasteiger charge is -2.44. The molecule has 1 spiro atoms. The molecule has 3 fully saturated rings. The van der Waals surface area contributed by atoms with Gasteiger partial charge in [0.2, 0.25) is 0 Å². The molecule has 3 rings (SSSR count). The van der Waals surface area contributed by atoms with Crippen LogP contribution in [0.5, 0.6) is 0 Å². The van der Waals surface area contributed by atoms with E-state index < -0.39 is 0 Å². The van der Waals surface area contributed by atoms with Crippen LogP contribution in [0.15, 0.2) is 0 Å². The molecule has 104 valence electrons. The second-order valence-corrected chi connectivity index (χ2v) is 7.47. The molecule has 2 atom stereocenters. The molecule has 3 aliphatic heterocycles. The SMILES string of the molecule is CN1CCC(NC2CCOC3(CCSCC3)C2)C1. The molecule has 0 amide bonds. The van der Waals surface area contributed by atoms with Crippen LogP contribution in [0.2, 0.25) is 0 Å². The molecule has 3 nitrogen and oxygen atoms in total. The average molecular weight is 270 g/mol. The molecular formula is C14H26N2OS. The Balaban J connectivity index is 1.53. The van der Waals surface area contributed by atoms with Crippen molar-refractivity contribution in [3.05, 3.63) is 0 Å². The maximum atomic E-state index is 6.16. The highest BCUT2D eigenvalue weighted by molar-refractivity contribution is 7.99. The van der Waals surface area contributed by atoms with E-state index in [0.29, 0.717) is 12.1 Å². The number of rotatable bonds is 2. The maximum Gasteiger partial charge on any atom is 0.0713 e. The van der Waals surface area contributed by atoms with Gasteiger partial charge >= 0.3 is 0 Å². The second kappa shape index (κ2) is 5.70. The molecule has 0 aromatic carbocycles. The van der Waals surface area contributed by atoms with Crippen molar-refractivity contribution in [1.29, 1.82) is 0 Å². The standard InChI is InChI=1S/C14H26N2OS/c1-16-6-2-13(11-16)15-12-3-7-17-14(10-12)4-8-18-9-5-14/h12-13,15H,2-11H2,1H3. The van der Waals surface area contributed by atoms with Crippen molar-refractivity contribution in [3.63, 3.8) is 0 Å². The maximum absolute atomic E-state index is 6.16. The van der Waals surface area contributed by atoms with E-state index in [0.717, 1.165) is 6.61 Å². The molecule has 0 aromatic heterocycles. The first-order valence-corrected chi connectivity index (χ1v) is 8.58. The minimum absolute atomic E-state index is 0.228. The number of nitrogens with one attached hydrogen (secondary N) is 1. The number of ether oxygens (including phenoxy) is 1. The second-order valence-electron chi connectivity index (χ2n) is 6.25. The van der Waals surface area contributed by atoms with Gasteiger partial charge in [-0.25, -0.2) is 0 Å². The zero-order chi connectivity index (χ0) is 12.4. The van der Waals surface area contributed by atoms with E-state index in [1.165, 1.54) is 56.7 Å². The minimum Gasteiger partial charge on any atom is -0.375 e. The van der Waals surface area contributed by atoms with Crippen molar-refractivity contribution < 1.29 is 4.74 Å². The molecule has 4 heteroatoms. The van der Waals surface area contributed by atoms with Gasteiger partial charge in [-0.2, -0.15) is 11.8 Å². The van der Waals surface area contributed by atoms with Gasteiger partial charge in [-0.3, -0.25) is 0 Å². The van der Waals surface area contributed by atoms with Crippen LogP contribution in [0.25, 0.3) is 0 Å². The van der Waals surface area contributed by atoms with Gasteiger partial charge < -0.3 is 15.0 Å². The number of hydrogen-bond donors (Lipinski definition) is 1.